The van der Waals surface area contributed by atoms with Crippen LogP contribution in [-0.2, 0) is 0 Å². The molecule has 0 saturated carbocycles. The van der Waals surface area contributed by atoms with Gasteiger partial charge in [-0.3, -0.25) is 0 Å². The zero-order valence-corrected chi connectivity index (χ0v) is 23.9. The number of benzene rings is 6. The molecule has 0 aliphatic rings. The van der Waals surface area contributed by atoms with Crippen LogP contribution in [-0.4, -0.2) is 14.5 Å². The number of hydrogen-bond donors (Lipinski definition) is 0. The van der Waals surface area contributed by atoms with E-state index in [0.717, 1.165) is 82.7 Å². The summed E-state index contributed by atoms with van der Waals surface area (Å²) < 4.78 is 15.3. The first-order valence-corrected chi connectivity index (χ1v) is 15.0. The Labute approximate surface area is 256 Å². The summed E-state index contributed by atoms with van der Waals surface area (Å²) >= 11 is 0. The third kappa shape index (κ3) is 3.55. The molecular weight excluding hydrogens is 554 g/mol. The van der Waals surface area contributed by atoms with E-state index in [4.69, 9.17) is 18.8 Å². The Morgan fingerprint density at radius 2 is 1.13 bits per heavy atom. The highest BCUT2D eigenvalue weighted by Gasteiger charge is 2.21. The molecule has 6 aromatic carbocycles. The Morgan fingerprint density at radius 1 is 0.444 bits per heavy atom. The van der Waals surface area contributed by atoms with Crippen molar-refractivity contribution in [3.63, 3.8) is 0 Å². The molecule has 4 aromatic heterocycles. The van der Waals surface area contributed by atoms with E-state index < -0.39 is 0 Å². The fraction of sp³-hybridized carbons (Fsp3) is 0. The molecule has 0 atom stereocenters. The second-order valence-corrected chi connectivity index (χ2v) is 11.4. The van der Waals surface area contributed by atoms with Crippen LogP contribution in [0.15, 0.2) is 148 Å². The van der Waals surface area contributed by atoms with Gasteiger partial charge in [0.2, 0.25) is 0 Å². The van der Waals surface area contributed by atoms with Crippen LogP contribution in [0.2, 0.25) is 0 Å². The minimum Gasteiger partial charge on any atom is -0.456 e. The highest BCUT2D eigenvalue weighted by Crippen LogP contribution is 2.41. The lowest BCUT2D eigenvalue weighted by Crippen LogP contribution is -1.94. The van der Waals surface area contributed by atoms with Crippen molar-refractivity contribution in [3.05, 3.63) is 140 Å². The molecule has 0 unspecified atom stereocenters. The molecule has 0 bridgehead atoms. The lowest BCUT2D eigenvalue weighted by atomic mass is 10.1. The van der Waals surface area contributed by atoms with Crippen molar-refractivity contribution in [2.75, 3.05) is 0 Å². The van der Waals surface area contributed by atoms with Crippen molar-refractivity contribution in [2.45, 2.75) is 0 Å². The van der Waals surface area contributed by atoms with E-state index in [2.05, 4.69) is 83.4 Å². The number of furan rings is 2. The molecule has 4 heterocycles. The maximum atomic E-state index is 6.64. The molecule has 210 valence electrons. The van der Waals surface area contributed by atoms with E-state index in [9.17, 15) is 0 Å². The average molecular weight is 578 g/mol. The molecule has 10 aromatic rings. The van der Waals surface area contributed by atoms with Gasteiger partial charge in [0, 0.05) is 49.8 Å². The van der Waals surface area contributed by atoms with Crippen LogP contribution in [0.4, 0.5) is 0 Å². The lowest BCUT2D eigenvalue weighted by molar-refractivity contribution is 0.667. The third-order valence-electron chi connectivity index (χ3n) is 8.81. The highest BCUT2D eigenvalue weighted by atomic mass is 16.3. The zero-order valence-electron chi connectivity index (χ0n) is 23.9. The number of nitrogens with zero attached hydrogens (tertiary/aromatic N) is 3. The van der Waals surface area contributed by atoms with E-state index in [-0.39, 0.29) is 0 Å². The summed E-state index contributed by atoms with van der Waals surface area (Å²) in [6, 6.07) is 47.9. The quantitative estimate of drug-likeness (QED) is 0.210. The summed E-state index contributed by atoms with van der Waals surface area (Å²) in [5, 5.41) is 5.44. The van der Waals surface area contributed by atoms with Crippen molar-refractivity contribution in [1.82, 2.24) is 14.5 Å². The lowest BCUT2D eigenvalue weighted by Gasteiger charge is -2.08. The summed E-state index contributed by atoms with van der Waals surface area (Å²) in [4.78, 5) is 10.2. The summed E-state index contributed by atoms with van der Waals surface area (Å²) in [6.45, 7) is 0. The largest absolute Gasteiger partial charge is 0.456 e. The van der Waals surface area contributed by atoms with E-state index >= 15 is 0 Å². The highest BCUT2D eigenvalue weighted by molar-refractivity contribution is 6.17. The van der Waals surface area contributed by atoms with Crippen molar-refractivity contribution < 1.29 is 8.83 Å². The van der Waals surface area contributed by atoms with Crippen molar-refractivity contribution in [1.29, 1.82) is 0 Å². The maximum absolute atomic E-state index is 6.64. The van der Waals surface area contributed by atoms with E-state index in [0.29, 0.717) is 11.4 Å². The van der Waals surface area contributed by atoms with Gasteiger partial charge in [0.05, 0.1) is 11.0 Å². The SMILES string of the molecule is c1ccc(-c2nc(-c3ccccc3)c3oc4cc5c6ccccc6n(-c6ccc7c(c6)oc6ccccc67)c5cc4c3n2)cc1. The van der Waals surface area contributed by atoms with Crippen molar-refractivity contribution >= 4 is 65.8 Å². The maximum Gasteiger partial charge on any atom is 0.180 e. The first-order valence-electron chi connectivity index (χ1n) is 15.0. The Morgan fingerprint density at radius 3 is 1.98 bits per heavy atom. The average Bonchev–Trinajstić information content (AvgIpc) is 3.76. The van der Waals surface area contributed by atoms with E-state index in [1.54, 1.807) is 0 Å². The molecule has 0 N–H and O–H groups in total. The van der Waals surface area contributed by atoms with Crippen LogP contribution in [0.5, 0.6) is 0 Å². The Bertz CT molecular complexity index is 2750. The van der Waals surface area contributed by atoms with Crippen LogP contribution < -0.4 is 0 Å². The van der Waals surface area contributed by atoms with Gasteiger partial charge in [-0.25, -0.2) is 9.97 Å². The van der Waals surface area contributed by atoms with Crippen LogP contribution in [0, 0.1) is 0 Å². The molecule has 0 fully saturated rings. The topological polar surface area (TPSA) is 57.0 Å². The summed E-state index contributed by atoms with van der Waals surface area (Å²) in [7, 11) is 0. The van der Waals surface area contributed by atoms with Gasteiger partial charge in [-0.05, 0) is 36.4 Å². The number of hydrogen-bond acceptors (Lipinski definition) is 4. The van der Waals surface area contributed by atoms with Gasteiger partial charge < -0.3 is 13.4 Å². The molecule has 10 rings (SSSR count). The Kier molecular flexibility index (Phi) is 4.93. The molecule has 0 saturated heterocycles. The van der Waals surface area contributed by atoms with E-state index in [1.165, 1.54) is 0 Å². The van der Waals surface area contributed by atoms with Gasteiger partial charge in [-0.1, -0.05) is 97.1 Å². The number of para-hydroxylation sites is 2. The van der Waals surface area contributed by atoms with Gasteiger partial charge >= 0.3 is 0 Å². The van der Waals surface area contributed by atoms with Crippen LogP contribution >= 0.6 is 0 Å². The van der Waals surface area contributed by atoms with Gasteiger partial charge in [0.15, 0.2) is 11.4 Å². The Hall–Kier alpha value is -6.20. The zero-order chi connectivity index (χ0) is 29.5. The molecule has 45 heavy (non-hydrogen) atoms. The van der Waals surface area contributed by atoms with Gasteiger partial charge in [0.1, 0.15) is 28.0 Å². The van der Waals surface area contributed by atoms with Gasteiger partial charge in [0.25, 0.3) is 0 Å². The second-order valence-electron chi connectivity index (χ2n) is 11.4. The second kappa shape index (κ2) is 9.15. The minimum absolute atomic E-state index is 0.667. The minimum atomic E-state index is 0.667. The van der Waals surface area contributed by atoms with Gasteiger partial charge in [-0.15, -0.1) is 0 Å². The number of rotatable bonds is 3. The summed E-state index contributed by atoms with van der Waals surface area (Å²) in [5.41, 5.74) is 9.96. The molecule has 0 amide bonds. The van der Waals surface area contributed by atoms with Crippen molar-refractivity contribution in [2.24, 2.45) is 0 Å². The van der Waals surface area contributed by atoms with Crippen LogP contribution in [0.3, 0.4) is 0 Å². The molecule has 5 nitrogen and oxygen atoms in total. The summed E-state index contributed by atoms with van der Waals surface area (Å²) in [5.74, 6) is 0.667. The van der Waals surface area contributed by atoms with Crippen LogP contribution in [0.1, 0.15) is 0 Å². The molecule has 5 heteroatoms. The van der Waals surface area contributed by atoms with E-state index in [1.807, 2.05) is 60.7 Å². The fourth-order valence-corrected chi connectivity index (χ4v) is 6.74. The molecule has 0 aliphatic heterocycles. The monoisotopic (exact) mass is 577 g/mol. The molecule has 0 radical (unpaired) electrons. The van der Waals surface area contributed by atoms with Crippen LogP contribution in [0.25, 0.3) is 94.1 Å². The normalized spacial score (nSPS) is 12.0. The molecule has 0 aliphatic carbocycles. The summed E-state index contributed by atoms with van der Waals surface area (Å²) in [6.07, 6.45) is 0. The number of aromatic nitrogens is 3. The predicted octanol–water partition coefficient (Wildman–Crippen LogP) is 10.7. The first kappa shape index (κ1) is 24.3. The molecule has 0 spiro atoms. The standard InChI is InChI=1S/C40H23N3O2/c1-3-11-24(12-4-1)37-39-38(42-40(41-37)25-13-5-2-6-14-25)31-22-33-30(23-36(31)45-39)27-15-7-9-17-32(27)43(33)26-19-20-29-28-16-8-10-18-34(28)44-35(29)21-26/h1-23H. The fourth-order valence-electron chi connectivity index (χ4n) is 6.74. The Balaban J connectivity index is 1.30. The van der Waals surface area contributed by atoms with Gasteiger partial charge in [-0.2, -0.15) is 0 Å². The molecular formula is C40H23N3O2. The smallest absolute Gasteiger partial charge is 0.180 e. The number of fused-ring (bicyclic) bond motifs is 9. The predicted molar refractivity (Wildman–Crippen MR) is 182 cm³/mol. The van der Waals surface area contributed by atoms with Crippen molar-refractivity contribution in [3.8, 4) is 28.3 Å². The third-order valence-corrected chi connectivity index (χ3v) is 8.81. The first-order chi connectivity index (χ1) is 22.3.